The molecule has 0 saturated carbocycles. The zero-order chi connectivity index (χ0) is 14.5. The Morgan fingerprint density at radius 3 is 2.60 bits per heavy atom. The third-order valence-corrected chi connectivity index (χ3v) is 3.36. The fraction of sp³-hybridized carbons (Fsp3) is 0.312. The van der Waals surface area contributed by atoms with Gasteiger partial charge in [-0.1, -0.05) is 18.2 Å². The van der Waals surface area contributed by atoms with E-state index in [0.29, 0.717) is 13.1 Å². The Balaban J connectivity index is 2.27. The topological polar surface area (TPSA) is 60.1 Å². The van der Waals surface area contributed by atoms with Gasteiger partial charge in [0, 0.05) is 23.6 Å². The summed E-state index contributed by atoms with van der Waals surface area (Å²) in [6, 6.07) is 12.0. The highest BCUT2D eigenvalue weighted by molar-refractivity contribution is 5.95. The molecule has 1 heterocycles. The Morgan fingerprint density at radius 2 is 1.95 bits per heavy atom. The number of aryl methyl sites for hydroxylation is 1. The lowest BCUT2D eigenvalue weighted by molar-refractivity contribution is 0.0953. The van der Waals surface area contributed by atoms with Crippen molar-refractivity contribution in [1.29, 1.82) is 0 Å². The van der Waals surface area contributed by atoms with Crippen molar-refractivity contribution >= 4 is 5.91 Å². The van der Waals surface area contributed by atoms with Gasteiger partial charge in [0.1, 0.15) is 0 Å². The second-order valence-electron chi connectivity index (χ2n) is 4.85. The average Bonchev–Trinajstić information content (AvgIpc) is 2.75. The van der Waals surface area contributed by atoms with Crippen LogP contribution in [-0.2, 0) is 0 Å². The molecule has 0 bridgehead atoms. The van der Waals surface area contributed by atoms with Gasteiger partial charge < -0.3 is 15.6 Å². The first kappa shape index (κ1) is 14.3. The van der Waals surface area contributed by atoms with Crippen molar-refractivity contribution in [3.63, 3.8) is 0 Å². The smallest absolute Gasteiger partial charge is 0.253 e. The van der Waals surface area contributed by atoms with Crippen LogP contribution < -0.4 is 11.1 Å². The highest BCUT2D eigenvalue weighted by atomic mass is 16.1. The van der Waals surface area contributed by atoms with Crippen LogP contribution in [0.5, 0.6) is 0 Å². The molecule has 0 aliphatic rings. The number of amides is 1. The minimum Gasteiger partial charge on any atom is -0.352 e. The van der Waals surface area contributed by atoms with Crippen LogP contribution in [0.4, 0.5) is 0 Å². The number of aromatic nitrogens is 1. The van der Waals surface area contributed by atoms with Crippen LogP contribution in [0, 0.1) is 13.8 Å². The Kier molecular flexibility index (Phi) is 4.58. The number of nitrogens with one attached hydrogen (secondary N) is 1. The van der Waals surface area contributed by atoms with E-state index < -0.39 is 0 Å². The molecule has 0 unspecified atom stereocenters. The summed E-state index contributed by atoms with van der Waals surface area (Å²) in [5.74, 6) is -0.0336. The fourth-order valence-corrected chi connectivity index (χ4v) is 2.37. The minimum absolute atomic E-state index is 0.0336. The Labute approximate surface area is 119 Å². The molecule has 0 atom stereocenters. The van der Waals surface area contributed by atoms with Crippen molar-refractivity contribution in [1.82, 2.24) is 9.88 Å². The van der Waals surface area contributed by atoms with Crippen molar-refractivity contribution in [2.45, 2.75) is 20.3 Å². The number of hydrogen-bond donors (Lipinski definition) is 2. The second-order valence-corrected chi connectivity index (χ2v) is 4.85. The average molecular weight is 271 g/mol. The normalized spacial score (nSPS) is 10.6. The second kappa shape index (κ2) is 6.39. The van der Waals surface area contributed by atoms with Crippen LogP contribution >= 0.6 is 0 Å². The molecule has 1 amide bonds. The van der Waals surface area contributed by atoms with Gasteiger partial charge in [-0.2, -0.15) is 0 Å². The Hall–Kier alpha value is -2.07. The number of para-hydroxylation sites is 1. The number of carbonyl (C=O) groups excluding carboxylic acids is 1. The number of rotatable bonds is 5. The van der Waals surface area contributed by atoms with Crippen molar-refractivity contribution in [2.75, 3.05) is 13.1 Å². The summed E-state index contributed by atoms with van der Waals surface area (Å²) in [7, 11) is 0. The molecule has 106 valence electrons. The van der Waals surface area contributed by atoms with Crippen LogP contribution in [0.3, 0.4) is 0 Å². The van der Waals surface area contributed by atoms with Crippen LogP contribution in [0.15, 0.2) is 36.4 Å². The van der Waals surface area contributed by atoms with E-state index in [1.54, 1.807) is 0 Å². The van der Waals surface area contributed by atoms with E-state index in [4.69, 9.17) is 5.73 Å². The lowest BCUT2D eigenvalue weighted by Crippen LogP contribution is -2.26. The predicted molar refractivity (Wildman–Crippen MR) is 81.2 cm³/mol. The summed E-state index contributed by atoms with van der Waals surface area (Å²) in [5, 5.41) is 2.90. The standard InChI is InChI=1S/C16H21N3O/c1-12-11-15(16(20)18-10-6-9-17)13(2)19(12)14-7-4-3-5-8-14/h3-5,7-8,11H,6,9-10,17H2,1-2H3,(H,18,20). The molecular formula is C16H21N3O. The maximum absolute atomic E-state index is 12.2. The molecule has 2 aromatic rings. The lowest BCUT2D eigenvalue weighted by atomic mass is 10.2. The summed E-state index contributed by atoms with van der Waals surface area (Å²) in [6.45, 7) is 5.18. The van der Waals surface area contributed by atoms with Gasteiger partial charge in [0.05, 0.1) is 5.56 Å². The molecule has 0 spiro atoms. The van der Waals surface area contributed by atoms with Crippen LogP contribution in [-0.4, -0.2) is 23.6 Å². The van der Waals surface area contributed by atoms with E-state index in [2.05, 4.69) is 9.88 Å². The molecule has 1 aromatic carbocycles. The fourth-order valence-electron chi connectivity index (χ4n) is 2.37. The Morgan fingerprint density at radius 1 is 1.25 bits per heavy atom. The van der Waals surface area contributed by atoms with Crippen molar-refractivity contribution < 1.29 is 4.79 Å². The van der Waals surface area contributed by atoms with Crippen LogP contribution in [0.2, 0.25) is 0 Å². The number of carbonyl (C=O) groups is 1. The maximum Gasteiger partial charge on any atom is 0.253 e. The first-order chi connectivity index (χ1) is 9.65. The molecule has 0 fully saturated rings. The molecule has 0 radical (unpaired) electrons. The number of nitrogens with two attached hydrogens (primary N) is 1. The summed E-state index contributed by atoms with van der Waals surface area (Å²) in [4.78, 5) is 12.2. The van der Waals surface area contributed by atoms with Gasteiger partial charge in [0.25, 0.3) is 5.91 Å². The summed E-state index contributed by atoms with van der Waals surface area (Å²) in [6.07, 6.45) is 0.795. The van der Waals surface area contributed by atoms with Crippen molar-refractivity contribution in [3.8, 4) is 5.69 Å². The van der Waals surface area contributed by atoms with Gasteiger partial charge in [-0.05, 0) is 45.0 Å². The molecule has 3 N–H and O–H groups in total. The molecule has 4 heteroatoms. The third-order valence-electron chi connectivity index (χ3n) is 3.36. The first-order valence-corrected chi connectivity index (χ1v) is 6.87. The SMILES string of the molecule is Cc1cc(C(=O)NCCCN)c(C)n1-c1ccccc1. The molecule has 1 aromatic heterocycles. The molecule has 2 rings (SSSR count). The number of nitrogens with zero attached hydrogens (tertiary/aromatic N) is 1. The van der Waals surface area contributed by atoms with Crippen molar-refractivity contribution in [3.05, 3.63) is 53.3 Å². The van der Waals surface area contributed by atoms with Gasteiger partial charge >= 0.3 is 0 Å². The van der Waals surface area contributed by atoms with E-state index in [-0.39, 0.29) is 5.91 Å². The van der Waals surface area contributed by atoms with Gasteiger partial charge in [-0.15, -0.1) is 0 Å². The molecule has 0 saturated heterocycles. The Bertz CT molecular complexity index is 587. The minimum atomic E-state index is -0.0336. The number of benzene rings is 1. The first-order valence-electron chi connectivity index (χ1n) is 6.87. The van der Waals surface area contributed by atoms with Crippen LogP contribution in [0.25, 0.3) is 5.69 Å². The van der Waals surface area contributed by atoms with Gasteiger partial charge in [0.15, 0.2) is 0 Å². The summed E-state index contributed by atoms with van der Waals surface area (Å²) in [5.41, 5.74) is 9.24. The quantitative estimate of drug-likeness (QED) is 0.819. The summed E-state index contributed by atoms with van der Waals surface area (Å²) < 4.78 is 2.10. The van der Waals surface area contributed by atoms with Gasteiger partial charge in [0.2, 0.25) is 0 Å². The highest BCUT2D eigenvalue weighted by Crippen LogP contribution is 2.20. The molecule has 0 aliphatic heterocycles. The van der Waals surface area contributed by atoms with E-state index in [9.17, 15) is 4.79 Å². The molecular weight excluding hydrogens is 250 g/mol. The molecule has 0 aliphatic carbocycles. The highest BCUT2D eigenvalue weighted by Gasteiger charge is 2.15. The van der Waals surface area contributed by atoms with Crippen molar-refractivity contribution in [2.24, 2.45) is 5.73 Å². The zero-order valence-electron chi connectivity index (χ0n) is 12.0. The maximum atomic E-state index is 12.2. The molecule has 20 heavy (non-hydrogen) atoms. The number of hydrogen-bond acceptors (Lipinski definition) is 2. The van der Waals surface area contributed by atoms with E-state index in [1.807, 2.05) is 50.2 Å². The van der Waals surface area contributed by atoms with Gasteiger partial charge in [-0.25, -0.2) is 0 Å². The molecule has 4 nitrogen and oxygen atoms in total. The van der Waals surface area contributed by atoms with E-state index >= 15 is 0 Å². The monoisotopic (exact) mass is 271 g/mol. The van der Waals surface area contributed by atoms with E-state index in [1.165, 1.54) is 0 Å². The third kappa shape index (κ3) is 2.91. The zero-order valence-corrected chi connectivity index (χ0v) is 12.0. The lowest BCUT2D eigenvalue weighted by Gasteiger charge is -2.09. The van der Waals surface area contributed by atoms with E-state index in [0.717, 1.165) is 29.1 Å². The van der Waals surface area contributed by atoms with Crippen LogP contribution in [0.1, 0.15) is 28.2 Å². The largest absolute Gasteiger partial charge is 0.352 e. The predicted octanol–water partition coefficient (Wildman–Crippen LogP) is 2.17. The van der Waals surface area contributed by atoms with Gasteiger partial charge in [-0.3, -0.25) is 4.79 Å². The summed E-state index contributed by atoms with van der Waals surface area (Å²) >= 11 is 0.